The normalized spacial score (nSPS) is 16.7. The van der Waals surface area contributed by atoms with Crippen molar-refractivity contribution in [3.05, 3.63) is 28.8 Å². The summed E-state index contributed by atoms with van der Waals surface area (Å²) in [5.41, 5.74) is 1.81. The number of aryl methyl sites for hydroxylation is 1. The van der Waals surface area contributed by atoms with Crippen LogP contribution in [0.1, 0.15) is 32.1 Å². The molecule has 0 atom stereocenters. The molecule has 0 unspecified atom stereocenters. The third-order valence-corrected chi connectivity index (χ3v) is 4.30. The molecule has 2 aromatic rings. The van der Waals surface area contributed by atoms with E-state index in [1.54, 1.807) is 12.1 Å². The third kappa shape index (κ3) is 2.21. The van der Waals surface area contributed by atoms with Gasteiger partial charge in [0, 0.05) is 6.54 Å². The first kappa shape index (κ1) is 11.9. The number of hydrogen-bond acceptors (Lipinski definition) is 1. The summed E-state index contributed by atoms with van der Waals surface area (Å²) in [5, 5.41) is 0. The maximum Gasteiger partial charge on any atom is 0.178 e. The minimum atomic E-state index is -0.203. The molecule has 96 valence electrons. The van der Waals surface area contributed by atoms with Crippen LogP contribution in [-0.2, 0) is 6.54 Å². The Morgan fingerprint density at radius 1 is 1.33 bits per heavy atom. The number of imidazole rings is 1. The summed E-state index contributed by atoms with van der Waals surface area (Å²) in [6.07, 6.45) is 6.54. The van der Waals surface area contributed by atoms with Gasteiger partial charge in [-0.1, -0.05) is 25.7 Å². The largest absolute Gasteiger partial charge is 0.331 e. The Morgan fingerprint density at radius 3 is 2.89 bits per heavy atom. The number of rotatable bonds is 3. The maximum atomic E-state index is 13.3. The van der Waals surface area contributed by atoms with Gasteiger partial charge in [0.25, 0.3) is 0 Å². The smallest absolute Gasteiger partial charge is 0.178 e. The summed E-state index contributed by atoms with van der Waals surface area (Å²) in [6.45, 7) is 0.896. The van der Waals surface area contributed by atoms with Crippen molar-refractivity contribution in [1.29, 1.82) is 0 Å². The van der Waals surface area contributed by atoms with Gasteiger partial charge in [0.2, 0.25) is 0 Å². The molecule has 18 heavy (non-hydrogen) atoms. The maximum absolute atomic E-state index is 13.3. The molecular weight excluding hydrogens is 247 g/mol. The van der Waals surface area contributed by atoms with Crippen molar-refractivity contribution < 1.29 is 4.39 Å². The van der Waals surface area contributed by atoms with Crippen LogP contribution in [0, 0.1) is 16.5 Å². The summed E-state index contributed by atoms with van der Waals surface area (Å²) in [4.78, 5) is 3.14. The van der Waals surface area contributed by atoms with Crippen molar-refractivity contribution in [3.8, 4) is 0 Å². The second-order valence-electron chi connectivity index (χ2n) is 5.18. The van der Waals surface area contributed by atoms with Gasteiger partial charge in [0.05, 0.1) is 11.0 Å². The van der Waals surface area contributed by atoms with Gasteiger partial charge in [-0.3, -0.25) is 0 Å². The highest BCUT2D eigenvalue weighted by Gasteiger charge is 2.15. The fourth-order valence-electron chi connectivity index (χ4n) is 2.96. The highest BCUT2D eigenvalue weighted by molar-refractivity contribution is 7.71. The lowest BCUT2D eigenvalue weighted by Gasteiger charge is -2.10. The fourth-order valence-corrected chi connectivity index (χ4v) is 3.26. The van der Waals surface area contributed by atoms with Crippen LogP contribution in [0.2, 0.25) is 0 Å². The number of nitrogens with zero attached hydrogens (tertiary/aromatic N) is 1. The number of hydrogen-bond donors (Lipinski definition) is 1. The van der Waals surface area contributed by atoms with Crippen LogP contribution in [0.5, 0.6) is 0 Å². The van der Waals surface area contributed by atoms with E-state index < -0.39 is 0 Å². The zero-order chi connectivity index (χ0) is 12.5. The number of fused-ring (bicyclic) bond motifs is 1. The summed E-state index contributed by atoms with van der Waals surface area (Å²) in [5.74, 6) is 0.622. The summed E-state index contributed by atoms with van der Waals surface area (Å²) in [7, 11) is 0. The standard InChI is InChI=1S/C14H17FN2S/c15-11-5-6-12-13(9-11)17(14(18)16-12)8-7-10-3-1-2-4-10/h5-6,9-10H,1-4,7-8H2,(H,16,18). The van der Waals surface area contributed by atoms with Gasteiger partial charge in [-0.15, -0.1) is 0 Å². The molecule has 0 aliphatic heterocycles. The monoisotopic (exact) mass is 264 g/mol. The molecule has 0 radical (unpaired) electrons. The Morgan fingerprint density at radius 2 is 2.11 bits per heavy atom. The van der Waals surface area contributed by atoms with Gasteiger partial charge in [-0.05, 0) is 42.8 Å². The van der Waals surface area contributed by atoms with Crippen LogP contribution < -0.4 is 0 Å². The van der Waals surface area contributed by atoms with Crippen molar-refractivity contribution in [2.75, 3.05) is 0 Å². The molecule has 0 amide bonds. The second kappa shape index (κ2) is 4.84. The van der Waals surface area contributed by atoms with Crippen LogP contribution in [0.3, 0.4) is 0 Å². The molecule has 0 saturated heterocycles. The number of aromatic amines is 1. The zero-order valence-electron chi connectivity index (χ0n) is 10.3. The molecule has 0 spiro atoms. The SMILES string of the molecule is Fc1ccc2[nH]c(=S)n(CCC3CCCC3)c2c1. The van der Waals surface area contributed by atoms with Gasteiger partial charge < -0.3 is 9.55 Å². The van der Waals surface area contributed by atoms with E-state index >= 15 is 0 Å². The molecule has 1 N–H and O–H groups in total. The zero-order valence-corrected chi connectivity index (χ0v) is 11.1. The van der Waals surface area contributed by atoms with Gasteiger partial charge in [0.15, 0.2) is 4.77 Å². The molecule has 1 aromatic carbocycles. The Hall–Kier alpha value is -1.16. The molecule has 1 fully saturated rings. The Balaban J connectivity index is 1.87. The summed E-state index contributed by atoms with van der Waals surface area (Å²) >= 11 is 5.32. The first-order chi connectivity index (χ1) is 8.74. The second-order valence-corrected chi connectivity index (χ2v) is 5.57. The van der Waals surface area contributed by atoms with E-state index in [0.29, 0.717) is 4.77 Å². The average molecular weight is 264 g/mol. The average Bonchev–Trinajstić information content (AvgIpc) is 2.94. The van der Waals surface area contributed by atoms with Crippen molar-refractivity contribution in [2.24, 2.45) is 5.92 Å². The van der Waals surface area contributed by atoms with Gasteiger partial charge in [0.1, 0.15) is 5.82 Å². The Kier molecular flexibility index (Phi) is 3.20. The van der Waals surface area contributed by atoms with Crippen molar-refractivity contribution in [3.63, 3.8) is 0 Å². The molecule has 2 nitrogen and oxygen atoms in total. The van der Waals surface area contributed by atoms with Crippen molar-refractivity contribution in [2.45, 2.75) is 38.6 Å². The molecule has 0 bridgehead atoms. The predicted molar refractivity (Wildman–Crippen MR) is 73.7 cm³/mol. The number of H-pyrrole nitrogens is 1. The highest BCUT2D eigenvalue weighted by Crippen LogP contribution is 2.28. The minimum Gasteiger partial charge on any atom is -0.331 e. The topological polar surface area (TPSA) is 20.7 Å². The van der Waals surface area contributed by atoms with Crippen molar-refractivity contribution >= 4 is 23.3 Å². The summed E-state index contributed by atoms with van der Waals surface area (Å²) < 4.78 is 16.0. The van der Waals surface area contributed by atoms with E-state index in [4.69, 9.17) is 12.2 Å². The van der Waals surface area contributed by atoms with Crippen LogP contribution >= 0.6 is 12.2 Å². The van der Waals surface area contributed by atoms with Gasteiger partial charge in [-0.2, -0.15) is 0 Å². The molecule has 1 heterocycles. The number of halogens is 1. The first-order valence-corrected chi connectivity index (χ1v) is 7.03. The first-order valence-electron chi connectivity index (χ1n) is 6.62. The Bertz CT molecular complexity index is 608. The van der Waals surface area contributed by atoms with E-state index in [9.17, 15) is 4.39 Å². The predicted octanol–water partition coefficient (Wildman–Crippen LogP) is 4.42. The minimum absolute atomic E-state index is 0.203. The molecule has 1 aliphatic rings. The molecule has 4 heteroatoms. The number of aromatic nitrogens is 2. The lowest BCUT2D eigenvalue weighted by molar-refractivity contribution is 0.460. The molecule has 1 aliphatic carbocycles. The van der Waals surface area contributed by atoms with Gasteiger partial charge in [-0.25, -0.2) is 4.39 Å². The van der Waals surface area contributed by atoms with E-state index in [0.717, 1.165) is 29.9 Å². The fraction of sp³-hybridized carbons (Fsp3) is 0.500. The van der Waals surface area contributed by atoms with Crippen LogP contribution in [-0.4, -0.2) is 9.55 Å². The molecular formula is C14H17FN2S. The molecule has 1 aromatic heterocycles. The van der Waals surface area contributed by atoms with E-state index in [1.807, 2.05) is 4.57 Å². The molecule has 1 saturated carbocycles. The lowest BCUT2D eigenvalue weighted by atomic mass is 10.0. The van der Waals surface area contributed by atoms with E-state index in [2.05, 4.69) is 4.98 Å². The Labute approximate surface area is 111 Å². The number of benzene rings is 1. The highest BCUT2D eigenvalue weighted by atomic mass is 32.1. The van der Waals surface area contributed by atoms with Crippen LogP contribution in [0.25, 0.3) is 11.0 Å². The quantitative estimate of drug-likeness (QED) is 0.814. The number of nitrogens with one attached hydrogen (secondary N) is 1. The third-order valence-electron chi connectivity index (χ3n) is 3.97. The van der Waals surface area contributed by atoms with Crippen LogP contribution in [0.4, 0.5) is 4.39 Å². The molecule has 3 rings (SSSR count). The summed E-state index contributed by atoms with van der Waals surface area (Å²) in [6, 6.07) is 4.79. The lowest BCUT2D eigenvalue weighted by Crippen LogP contribution is -2.03. The van der Waals surface area contributed by atoms with Gasteiger partial charge >= 0.3 is 0 Å². The van der Waals surface area contributed by atoms with Crippen LogP contribution in [0.15, 0.2) is 18.2 Å². The van der Waals surface area contributed by atoms with E-state index in [-0.39, 0.29) is 5.82 Å². The van der Waals surface area contributed by atoms with E-state index in [1.165, 1.54) is 31.7 Å². The van der Waals surface area contributed by atoms with Crippen molar-refractivity contribution in [1.82, 2.24) is 9.55 Å².